The fraction of sp³-hybridized carbons (Fsp3) is 1.00. The first kappa shape index (κ1) is 17.8. The predicted octanol–water partition coefficient (Wildman–Crippen LogP) is 0.326. The Morgan fingerprint density at radius 3 is 1.70 bits per heavy atom. The number of quaternary nitrogens is 1. The molecule has 0 unspecified atom stereocenters. The average molecular weight is 308 g/mol. The minimum atomic E-state index is -3.95. The Morgan fingerprint density at radius 1 is 0.950 bits per heavy atom. The highest BCUT2D eigenvalue weighted by atomic mass is 32.2. The van der Waals surface area contributed by atoms with Crippen LogP contribution in [0, 0.1) is 0 Å². The number of hydrogen-bond acceptors (Lipinski definition) is 4. The summed E-state index contributed by atoms with van der Waals surface area (Å²) in [5.41, 5.74) is 0. The van der Waals surface area contributed by atoms with Crippen molar-refractivity contribution in [3.8, 4) is 0 Å². The molecule has 1 aliphatic rings. The SMILES string of the molecule is CCN1CCN(CC)CC[N+](CC)(CS(=O)(=O)O)CC1. The molecule has 20 heavy (non-hydrogen) atoms. The molecule has 120 valence electrons. The zero-order chi connectivity index (χ0) is 15.2. The van der Waals surface area contributed by atoms with Gasteiger partial charge < -0.3 is 4.48 Å². The lowest BCUT2D eigenvalue weighted by Gasteiger charge is -2.37. The number of hydrogen-bond donors (Lipinski definition) is 1. The van der Waals surface area contributed by atoms with Crippen molar-refractivity contribution in [3.05, 3.63) is 0 Å². The van der Waals surface area contributed by atoms with Crippen LogP contribution in [0.5, 0.6) is 0 Å². The lowest BCUT2D eigenvalue weighted by atomic mass is 10.3. The zero-order valence-electron chi connectivity index (χ0n) is 13.1. The molecule has 0 aromatic rings. The predicted molar refractivity (Wildman–Crippen MR) is 81.2 cm³/mol. The summed E-state index contributed by atoms with van der Waals surface area (Å²) in [6.07, 6.45) is 0. The molecule has 0 bridgehead atoms. The van der Waals surface area contributed by atoms with E-state index in [1.807, 2.05) is 6.92 Å². The monoisotopic (exact) mass is 308 g/mol. The smallest absolute Gasteiger partial charge is 0.307 e. The Balaban J connectivity index is 2.90. The Kier molecular flexibility index (Phi) is 6.87. The first-order valence-electron chi connectivity index (χ1n) is 7.59. The average Bonchev–Trinajstić information content (AvgIpc) is 2.47. The second kappa shape index (κ2) is 7.70. The number of nitrogens with zero attached hydrogens (tertiary/aromatic N) is 3. The summed E-state index contributed by atoms with van der Waals surface area (Å²) in [6.45, 7) is 14.4. The fourth-order valence-electron chi connectivity index (χ4n) is 2.84. The van der Waals surface area contributed by atoms with Gasteiger partial charge in [-0.15, -0.1) is 0 Å². The van der Waals surface area contributed by atoms with Gasteiger partial charge in [-0.05, 0) is 20.0 Å². The molecule has 1 saturated heterocycles. The van der Waals surface area contributed by atoms with Crippen LogP contribution in [0.2, 0.25) is 0 Å². The van der Waals surface area contributed by atoms with Gasteiger partial charge in [-0.25, -0.2) is 0 Å². The summed E-state index contributed by atoms with van der Waals surface area (Å²) in [7, 11) is -3.95. The molecule has 0 aromatic heterocycles. The quantitative estimate of drug-likeness (QED) is 0.586. The standard InChI is InChI=1S/C13H29N3O3S/c1-4-14-7-8-15(5-2)10-12-16(6-3,11-9-14)13-20(17,18)19/h4-13H2,1-3H3/p+1. The van der Waals surface area contributed by atoms with E-state index in [2.05, 4.69) is 23.6 Å². The Morgan fingerprint density at radius 2 is 1.40 bits per heavy atom. The first-order chi connectivity index (χ1) is 9.34. The van der Waals surface area contributed by atoms with E-state index in [0.717, 1.165) is 58.9 Å². The van der Waals surface area contributed by atoms with E-state index >= 15 is 0 Å². The fourth-order valence-corrected chi connectivity index (χ4v) is 3.97. The van der Waals surface area contributed by atoms with E-state index in [9.17, 15) is 13.0 Å². The second-order valence-corrected chi connectivity index (χ2v) is 7.11. The summed E-state index contributed by atoms with van der Waals surface area (Å²) in [6, 6.07) is 0. The largest absolute Gasteiger partial charge is 0.316 e. The molecule has 1 N–H and O–H groups in total. The highest BCUT2D eigenvalue weighted by Gasteiger charge is 2.32. The van der Waals surface area contributed by atoms with Gasteiger partial charge in [-0.3, -0.25) is 14.4 Å². The topological polar surface area (TPSA) is 60.9 Å². The molecule has 7 heteroatoms. The summed E-state index contributed by atoms with van der Waals surface area (Å²) < 4.78 is 32.4. The van der Waals surface area contributed by atoms with Gasteiger partial charge >= 0.3 is 10.1 Å². The van der Waals surface area contributed by atoms with Crippen LogP contribution in [-0.2, 0) is 10.1 Å². The lowest BCUT2D eigenvalue weighted by Crippen LogP contribution is -2.56. The third-order valence-electron chi connectivity index (χ3n) is 4.52. The van der Waals surface area contributed by atoms with Gasteiger partial charge in [0.05, 0.1) is 19.6 Å². The maximum atomic E-state index is 11.4. The lowest BCUT2D eigenvalue weighted by molar-refractivity contribution is -0.914. The van der Waals surface area contributed by atoms with E-state index in [1.165, 1.54) is 0 Å². The van der Waals surface area contributed by atoms with Crippen LogP contribution in [0.3, 0.4) is 0 Å². The van der Waals surface area contributed by atoms with Crippen LogP contribution in [0.15, 0.2) is 0 Å². The molecule has 0 radical (unpaired) electrons. The molecule has 0 aromatic carbocycles. The molecule has 0 spiro atoms. The maximum Gasteiger partial charge on any atom is 0.316 e. The van der Waals surface area contributed by atoms with Crippen LogP contribution in [-0.4, -0.2) is 92.0 Å². The van der Waals surface area contributed by atoms with Crippen molar-refractivity contribution in [2.75, 3.05) is 64.8 Å². The van der Waals surface area contributed by atoms with Crippen molar-refractivity contribution < 1.29 is 17.5 Å². The Hall–Kier alpha value is -0.210. The summed E-state index contributed by atoms with van der Waals surface area (Å²) in [4.78, 5) is 4.72. The van der Waals surface area contributed by atoms with Crippen LogP contribution in [0.4, 0.5) is 0 Å². The zero-order valence-corrected chi connectivity index (χ0v) is 13.9. The minimum Gasteiger partial charge on any atom is -0.307 e. The van der Waals surface area contributed by atoms with E-state index in [-0.39, 0.29) is 5.88 Å². The van der Waals surface area contributed by atoms with Crippen LogP contribution in [0.25, 0.3) is 0 Å². The van der Waals surface area contributed by atoms with Gasteiger partial charge in [0.15, 0.2) is 0 Å². The van der Waals surface area contributed by atoms with E-state index in [0.29, 0.717) is 4.48 Å². The Labute approximate surface area is 123 Å². The molecule has 1 fully saturated rings. The number of likely N-dealkylation sites (N-methyl/N-ethyl adjacent to an activating group) is 3. The van der Waals surface area contributed by atoms with Crippen molar-refractivity contribution in [3.63, 3.8) is 0 Å². The minimum absolute atomic E-state index is 0.168. The molecular formula is C13H30N3O3S+. The van der Waals surface area contributed by atoms with Gasteiger partial charge in [-0.2, -0.15) is 8.42 Å². The van der Waals surface area contributed by atoms with Crippen LogP contribution < -0.4 is 0 Å². The second-order valence-electron chi connectivity index (χ2n) is 5.68. The third kappa shape index (κ3) is 5.65. The van der Waals surface area contributed by atoms with Crippen molar-refractivity contribution in [1.82, 2.24) is 9.80 Å². The van der Waals surface area contributed by atoms with Gasteiger partial charge in [-0.1, -0.05) is 13.8 Å². The highest BCUT2D eigenvalue weighted by Crippen LogP contribution is 2.12. The van der Waals surface area contributed by atoms with Crippen molar-refractivity contribution in [1.29, 1.82) is 0 Å². The molecule has 1 rings (SSSR count). The van der Waals surface area contributed by atoms with Gasteiger partial charge in [0.2, 0.25) is 5.88 Å². The molecule has 1 heterocycles. The van der Waals surface area contributed by atoms with E-state index in [1.54, 1.807) is 0 Å². The van der Waals surface area contributed by atoms with Crippen LogP contribution >= 0.6 is 0 Å². The normalized spacial score (nSPS) is 23.0. The number of rotatable bonds is 5. The van der Waals surface area contributed by atoms with Crippen molar-refractivity contribution >= 4 is 10.1 Å². The van der Waals surface area contributed by atoms with Gasteiger partial charge in [0.25, 0.3) is 0 Å². The summed E-state index contributed by atoms with van der Waals surface area (Å²) in [5.74, 6) is -0.168. The molecule has 0 atom stereocenters. The van der Waals surface area contributed by atoms with E-state index < -0.39 is 10.1 Å². The molecule has 6 nitrogen and oxygen atoms in total. The van der Waals surface area contributed by atoms with E-state index in [4.69, 9.17) is 0 Å². The molecule has 1 aliphatic heterocycles. The molecule has 0 saturated carbocycles. The maximum absolute atomic E-state index is 11.4. The van der Waals surface area contributed by atoms with Crippen molar-refractivity contribution in [2.24, 2.45) is 0 Å². The molecule has 0 amide bonds. The Bertz CT molecular complexity index is 370. The first-order valence-corrected chi connectivity index (χ1v) is 9.20. The summed E-state index contributed by atoms with van der Waals surface area (Å²) in [5, 5.41) is 0. The third-order valence-corrected chi connectivity index (χ3v) is 5.39. The van der Waals surface area contributed by atoms with Crippen molar-refractivity contribution in [2.45, 2.75) is 20.8 Å². The molecule has 0 aliphatic carbocycles. The van der Waals surface area contributed by atoms with Gasteiger partial charge in [0, 0.05) is 26.2 Å². The van der Waals surface area contributed by atoms with Gasteiger partial charge in [0.1, 0.15) is 0 Å². The highest BCUT2D eigenvalue weighted by molar-refractivity contribution is 7.85. The summed E-state index contributed by atoms with van der Waals surface area (Å²) >= 11 is 0. The molecular weight excluding hydrogens is 278 g/mol. The van der Waals surface area contributed by atoms with Crippen LogP contribution in [0.1, 0.15) is 20.8 Å².